The Morgan fingerprint density at radius 3 is 3.00 bits per heavy atom. The van der Waals surface area contributed by atoms with E-state index in [4.69, 9.17) is 5.73 Å². The minimum atomic E-state index is -0.663. The number of carbonyl (C=O) groups is 1. The van der Waals surface area contributed by atoms with Crippen LogP contribution in [0.3, 0.4) is 0 Å². The van der Waals surface area contributed by atoms with Gasteiger partial charge in [-0.2, -0.15) is 4.98 Å². The zero-order valence-corrected chi connectivity index (χ0v) is 7.69. The average molecular weight is 196 g/mol. The molecule has 76 valence electrons. The molecule has 0 unspecified atom stereocenters. The Balaban J connectivity index is 1.84. The fourth-order valence-corrected chi connectivity index (χ4v) is 1.39. The first-order chi connectivity index (χ1) is 6.71. The first-order valence-electron chi connectivity index (χ1n) is 4.53. The van der Waals surface area contributed by atoms with Crippen molar-refractivity contribution < 1.29 is 9.32 Å². The van der Waals surface area contributed by atoms with Crippen LogP contribution in [0.1, 0.15) is 25.1 Å². The first kappa shape index (κ1) is 9.14. The molecule has 0 atom stereocenters. The third-order valence-electron chi connectivity index (χ3n) is 2.51. The Morgan fingerprint density at radius 1 is 1.71 bits per heavy atom. The van der Waals surface area contributed by atoms with Gasteiger partial charge in [-0.25, -0.2) is 0 Å². The monoisotopic (exact) mass is 196 g/mol. The lowest BCUT2D eigenvalue weighted by Gasteiger charge is -2.35. The van der Waals surface area contributed by atoms with Crippen molar-refractivity contribution in [2.45, 2.75) is 31.3 Å². The molecule has 1 aliphatic rings. The van der Waals surface area contributed by atoms with E-state index >= 15 is 0 Å². The number of hydrogen-bond donors (Lipinski definition) is 2. The molecule has 0 aromatic carbocycles. The van der Waals surface area contributed by atoms with Crippen LogP contribution in [0.5, 0.6) is 0 Å². The van der Waals surface area contributed by atoms with Gasteiger partial charge in [-0.3, -0.25) is 4.79 Å². The quantitative estimate of drug-likeness (QED) is 0.684. The van der Waals surface area contributed by atoms with E-state index in [-0.39, 0.29) is 12.5 Å². The standard InChI is InChI=1S/C8H12N4O2/c9-8(2-1-3-8)7(13)10-4-6-11-5-14-12-6/h5H,1-4,9H2,(H,10,13). The molecule has 0 spiro atoms. The van der Waals surface area contributed by atoms with Crippen LogP contribution < -0.4 is 11.1 Å². The Bertz CT molecular complexity index is 318. The predicted octanol–water partition coefficient (Wildman–Crippen LogP) is -0.433. The van der Waals surface area contributed by atoms with Gasteiger partial charge >= 0.3 is 0 Å². The summed E-state index contributed by atoms with van der Waals surface area (Å²) in [4.78, 5) is 15.3. The van der Waals surface area contributed by atoms with Crippen molar-refractivity contribution in [3.63, 3.8) is 0 Å². The summed E-state index contributed by atoms with van der Waals surface area (Å²) in [5, 5.41) is 6.25. The molecule has 0 aliphatic heterocycles. The number of nitrogens with one attached hydrogen (secondary N) is 1. The van der Waals surface area contributed by atoms with Crippen molar-refractivity contribution in [3.05, 3.63) is 12.2 Å². The van der Waals surface area contributed by atoms with Gasteiger partial charge in [0.15, 0.2) is 5.82 Å². The fraction of sp³-hybridized carbons (Fsp3) is 0.625. The lowest BCUT2D eigenvalue weighted by Crippen LogP contribution is -2.58. The van der Waals surface area contributed by atoms with Crippen LogP contribution in [-0.4, -0.2) is 21.6 Å². The molecule has 1 aromatic heterocycles. The summed E-state index contributed by atoms with van der Waals surface area (Å²) in [6.45, 7) is 0.272. The van der Waals surface area contributed by atoms with Crippen LogP contribution in [0, 0.1) is 0 Å². The minimum Gasteiger partial charge on any atom is -0.347 e. The maximum Gasteiger partial charge on any atom is 0.240 e. The van der Waals surface area contributed by atoms with Gasteiger partial charge in [0, 0.05) is 0 Å². The summed E-state index contributed by atoms with van der Waals surface area (Å²) in [5.74, 6) is 0.329. The van der Waals surface area contributed by atoms with Crippen molar-refractivity contribution >= 4 is 5.91 Å². The molecule has 1 fully saturated rings. The highest BCUT2D eigenvalue weighted by Gasteiger charge is 2.39. The van der Waals surface area contributed by atoms with Gasteiger partial charge in [0.2, 0.25) is 12.3 Å². The summed E-state index contributed by atoms with van der Waals surface area (Å²) in [6.07, 6.45) is 3.76. The second kappa shape index (κ2) is 3.38. The molecule has 2 rings (SSSR count). The third kappa shape index (κ3) is 1.60. The number of hydrogen-bond acceptors (Lipinski definition) is 5. The van der Waals surface area contributed by atoms with Crippen LogP contribution in [0.15, 0.2) is 10.9 Å². The highest BCUT2D eigenvalue weighted by atomic mass is 16.5. The predicted molar refractivity (Wildman–Crippen MR) is 46.9 cm³/mol. The van der Waals surface area contributed by atoms with Crippen LogP contribution in [0.2, 0.25) is 0 Å². The van der Waals surface area contributed by atoms with E-state index < -0.39 is 5.54 Å². The zero-order valence-electron chi connectivity index (χ0n) is 7.69. The SMILES string of the molecule is NC1(C(=O)NCc2ncon2)CCC1. The van der Waals surface area contributed by atoms with Crippen molar-refractivity contribution in [1.29, 1.82) is 0 Å². The Hall–Kier alpha value is -1.43. The van der Waals surface area contributed by atoms with Gasteiger partial charge < -0.3 is 15.6 Å². The van der Waals surface area contributed by atoms with E-state index in [1.807, 2.05) is 0 Å². The van der Waals surface area contributed by atoms with E-state index in [2.05, 4.69) is 20.0 Å². The smallest absolute Gasteiger partial charge is 0.240 e. The van der Waals surface area contributed by atoms with Gasteiger partial charge in [0.1, 0.15) is 0 Å². The highest BCUT2D eigenvalue weighted by molar-refractivity contribution is 5.86. The van der Waals surface area contributed by atoms with Crippen LogP contribution >= 0.6 is 0 Å². The van der Waals surface area contributed by atoms with Crippen LogP contribution in [-0.2, 0) is 11.3 Å². The lowest BCUT2D eigenvalue weighted by molar-refractivity contribution is -0.129. The number of rotatable bonds is 3. The third-order valence-corrected chi connectivity index (χ3v) is 2.51. The largest absolute Gasteiger partial charge is 0.347 e. The number of nitrogens with two attached hydrogens (primary N) is 1. The summed E-state index contributed by atoms with van der Waals surface area (Å²) in [6, 6.07) is 0. The van der Waals surface area contributed by atoms with Gasteiger partial charge in [-0.1, -0.05) is 5.16 Å². The van der Waals surface area contributed by atoms with Gasteiger partial charge in [-0.05, 0) is 19.3 Å². The molecule has 1 aromatic rings. The summed E-state index contributed by atoms with van der Waals surface area (Å²) in [7, 11) is 0. The summed E-state index contributed by atoms with van der Waals surface area (Å²) >= 11 is 0. The summed E-state index contributed by atoms with van der Waals surface area (Å²) in [5.41, 5.74) is 5.15. The molecular formula is C8H12N4O2. The van der Waals surface area contributed by atoms with E-state index in [1.165, 1.54) is 6.39 Å². The second-order valence-electron chi connectivity index (χ2n) is 3.54. The van der Waals surface area contributed by atoms with Crippen molar-refractivity contribution in [1.82, 2.24) is 15.5 Å². The normalized spacial score (nSPS) is 18.6. The maximum absolute atomic E-state index is 11.5. The molecule has 1 saturated carbocycles. The topological polar surface area (TPSA) is 94.0 Å². The number of aromatic nitrogens is 2. The number of nitrogens with zero attached hydrogens (tertiary/aromatic N) is 2. The second-order valence-corrected chi connectivity index (χ2v) is 3.54. The molecule has 14 heavy (non-hydrogen) atoms. The van der Waals surface area contributed by atoms with E-state index in [1.54, 1.807) is 0 Å². The Morgan fingerprint density at radius 2 is 2.50 bits per heavy atom. The van der Waals surface area contributed by atoms with Gasteiger partial charge in [0.25, 0.3) is 0 Å². The van der Waals surface area contributed by atoms with Gasteiger partial charge in [-0.15, -0.1) is 0 Å². The Kier molecular flexibility index (Phi) is 2.20. The number of carbonyl (C=O) groups excluding carboxylic acids is 1. The molecule has 3 N–H and O–H groups in total. The van der Waals surface area contributed by atoms with Crippen molar-refractivity contribution in [3.8, 4) is 0 Å². The highest BCUT2D eigenvalue weighted by Crippen LogP contribution is 2.28. The van der Waals surface area contributed by atoms with Crippen LogP contribution in [0.25, 0.3) is 0 Å². The van der Waals surface area contributed by atoms with Crippen molar-refractivity contribution in [2.75, 3.05) is 0 Å². The maximum atomic E-state index is 11.5. The van der Waals surface area contributed by atoms with Crippen LogP contribution in [0.4, 0.5) is 0 Å². The molecule has 1 amide bonds. The van der Waals surface area contributed by atoms with Crippen molar-refractivity contribution in [2.24, 2.45) is 5.73 Å². The average Bonchev–Trinajstić information content (AvgIpc) is 2.62. The molecule has 0 radical (unpaired) electrons. The van der Waals surface area contributed by atoms with E-state index in [0.717, 1.165) is 19.3 Å². The molecule has 1 heterocycles. The van der Waals surface area contributed by atoms with E-state index in [0.29, 0.717) is 5.82 Å². The molecule has 6 nitrogen and oxygen atoms in total. The zero-order chi connectivity index (χ0) is 10.0. The first-order valence-corrected chi connectivity index (χ1v) is 4.53. The van der Waals surface area contributed by atoms with E-state index in [9.17, 15) is 4.79 Å². The molecule has 0 bridgehead atoms. The fourth-order valence-electron chi connectivity index (χ4n) is 1.39. The lowest BCUT2D eigenvalue weighted by atomic mass is 9.77. The summed E-state index contributed by atoms with van der Waals surface area (Å²) < 4.78 is 4.53. The molecule has 0 saturated heterocycles. The van der Waals surface area contributed by atoms with Gasteiger partial charge in [0.05, 0.1) is 12.1 Å². The molecule has 6 heteroatoms. The Labute approximate surface area is 80.9 Å². The minimum absolute atomic E-state index is 0.131. The molecular weight excluding hydrogens is 184 g/mol. The molecule has 1 aliphatic carbocycles. The number of amides is 1.